The fraction of sp³-hybridized carbons (Fsp3) is 0.562. The summed E-state index contributed by atoms with van der Waals surface area (Å²) in [5.41, 5.74) is 0. The summed E-state index contributed by atoms with van der Waals surface area (Å²) in [6.45, 7) is -0.569. The molecule has 0 bridgehead atoms. The van der Waals surface area contributed by atoms with Crippen molar-refractivity contribution in [3.8, 4) is 0 Å². The molecule has 1 saturated heterocycles. The number of amides is 1. The van der Waals surface area contributed by atoms with Gasteiger partial charge in [0, 0.05) is 19.6 Å². The van der Waals surface area contributed by atoms with Crippen LogP contribution in [-0.2, 0) is 14.8 Å². The zero-order chi connectivity index (χ0) is 23.6. The number of rotatable bonds is 5. The van der Waals surface area contributed by atoms with Crippen LogP contribution in [0.25, 0.3) is 0 Å². The van der Waals surface area contributed by atoms with Crippen molar-refractivity contribution in [3.63, 3.8) is 0 Å². The average molecular weight is 501 g/mol. The van der Waals surface area contributed by atoms with Gasteiger partial charge in [-0.2, -0.15) is 26.3 Å². The maximum Gasteiger partial charge on any atom is 0.434 e. The van der Waals surface area contributed by atoms with Crippen molar-refractivity contribution in [2.75, 3.05) is 19.6 Å². The molecule has 31 heavy (non-hydrogen) atoms. The van der Waals surface area contributed by atoms with Gasteiger partial charge in [0.25, 0.3) is 6.10 Å². The molecule has 15 heteroatoms. The molecule has 1 fully saturated rings. The van der Waals surface area contributed by atoms with E-state index in [4.69, 9.17) is 11.6 Å². The lowest BCUT2D eigenvalue weighted by atomic mass is 9.97. The Hall–Kier alpha value is -1.80. The molecule has 0 spiro atoms. The fourth-order valence-corrected chi connectivity index (χ4v) is 4.16. The van der Waals surface area contributed by atoms with E-state index in [0.29, 0.717) is 4.90 Å². The third kappa shape index (κ3) is 6.84. The number of piperidine rings is 1. The predicted octanol–water partition coefficient (Wildman–Crippen LogP) is 4.10. The predicted molar refractivity (Wildman–Crippen MR) is 93.3 cm³/mol. The summed E-state index contributed by atoms with van der Waals surface area (Å²) in [4.78, 5) is 12.1. The minimum atomic E-state index is -5.81. The van der Waals surface area contributed by atoms with Crippen LogP contribution in [0, 0.1) is 11.7 Å². The Bertz CT molecular complexity index is 886. The Morgan fingerprint density at radius 2 is 1.71 bits per heavy atom. The molecule has 1 aliphatic rings. The lowest BCUT2D eigenvalue weighted by Crippen LogP contribution is -2.49. The lowest BCUT2D eigenvalue weighted by molar-refractivity contribution is -0.308. The summed E-state index contributed by atoms with van der Waals surface area (Å²) < 4.78 is 118. The number of carbonyl (C=O) groups is 1. The average Bonchev–Trinajstić information content (AvgIpc) is 2.65. The fourth-order valence-electron chi connectivity index (χ4n) is 2.77. The van der Waals surface area contributed by atoms with E-state index in [1.807, 2.05) is 0 Å². The van der Waals surface area contributed by atoms with Gasteiger partial charge in [-0.1, -0.05) is 11.6 Å². The summed E-state index contributed by atoms with van der Waals surface area (Å²) in [6.07, 6.45) is -17.4. The largest absolute Gasteiger partial charge is 0.434 e. The third-order valence-corrected chi connectivity index (χ3v) is 6.16. The minimum Gasteiger partial charge on any atom is -0.426 e. The van der Waals surface area contributed by atoms with E-state index in [9.17, 15) is 43.9 Å². The molecule has 1 amide bonds. The number of sulfonamides is 1. The van der Waals surface area contributed by atoms with Gasteiger partial charge in [0.15, 0.2) is 0 Å². The van der Waals surface area contributed by atoms with E-state index < -0.39 is 45.4 Å². The summed E-state index contributed by atoms with van der Waals surface area (Å²) in [7, 11) is -4.03. The van der Waals surface area contributed by atoms with Crippen molar-refractivity contribution in [3.05, 3.63) is 29.0 Å². The molecule has 0 aromatic heterocycles. The van der Waals surface area contributed by atoms with Crippen LogP contribution < -0.4 is 4.72 Å². The topological polar surface area (TPSA) is 75.7 Å². The van der Waals surface area contributed by atoms with E-state index in [2.05, 4.69) is 9.46 Å². The lowest BCUT2D eigenvalue weighted by Gasteiger charge is -2.33. The standard InChI is InChI=1S/C16H16ClF7N2O4S/c17-11-7-10(1-2-12(11)18)31(28,29)25-8-9-3-5-26(6-4-9)14(27)30-13(15(19,20)21)16(22,23)24/h1-2,7,9,13,25H,3-6,8H2. The van der Waals surface area contributed by atoms with Crippen LogP contribution in [0.15, 0.2) is 23.1 Å². The first-order valence-electron chi connectivity index (χ1n) is 8.65. The third-order valence-electron chi connectivity index (χ3n) is 4.45. The Kier molecular flexibility index (Phi) is 7.69. The van der Waals surface area contributed by atoms with Gasteiger partial charge in [-0.15, -0.1) is 0 Å². The first kappa shape index (κ1) is 25.5. The van der Waals surface area contributed by atoms with Gasteiger partial charge in [0.1, 0.15) is 5.82 Å². The van der Waals surface area contributed by atoms with Crippen LogP contribution in [0.3, 0.4) is 0 Å². The number of ether oxygens (including phenoxy) is 1. The number of benzene rings is 1. The Balaban J connectivity index is 1.89. The molecular formula is C16H16ClF7N2O4S. The highest BCUT2D eigenvalue weighted by Gasteiger charge is 2.60. The number of nitrogens with zero attached hydrogens (tertiary/aromatic N) is 1. The van der Waals surface area contributed by atoms with E-state index in [1.54, 1.807) is 0 Å². The van der Waals surface area contributed by atoms with Gasteiger partial charge < -0.3 is 9.64 Å². The SMILES string of the molecule is O=C(OC(C(F)(F)F)C(F)(F)F)N1CCC(CNS(=O)(=O)c2ccc(F)c(Cl)c2)CC1. The van der Waals surface area contributed by atoms with Gasteiger partial charge in [-0.05, 0) is 37.0 Å². The van der Waals surface area contributed by atoms with Crippen LogP contribution in [0.2, 0.25) is 5.02 Å². The molecule has 0 radical (unpaired) electrons. The highest BCUT2D eigenvalue weighted by Crippen LogP contribution is 2.36. The summed E-state index contributed by atoms with van der Waals surface area (Å²) >= 11 is 5.55. The van der Waals surface area contributed by atoms with Crippen molar-refractivity contribution in [2.24, 2.45) is 5.92 Å². The quantitative estimate of drug-likeness (QED) is 0.618. The highest BCUT2D eigenvalue weighted by atomic mass is 35.5. The van der Waals surface area contributed by atoms with Crippen LogP contribution in [0.5, 0.6) is 0 Å². The zero-order valence-corrected chi connectivity index (χ0v) is 17.0. The van der Waals surface area contributed by atoms with E-state index in [-0.39, 0.29) is 43.3 Å². The number of alkyl halides is 6. The Morgan fingerprint density at radius 1 is 1.16 bits per heavy atom. The number of hydrogen-bond acceptors (Lipinski definition) is 4. The number of halogens is 8. The summed E-state index contributed by atoms with van der Waals surface area (Å²) in [5, 5.41) is -0.397. The van der Waals surface area contributed by atoms with Gasteiger partial charge in [0.05, 0.1) is 9.92 Å². The molecule has 1 aliphatic heterocycles. The molecule has 0 unspecified atom stereocenters. The van der Waals surface area contributed by atoms with E-state index in [0.717, 1.165) is 18.2 Å². The smallest absolute Gasteiger partial charge is 0.426 e. The highest BCUT2D eigenvalue weighted by molar-refractivity contribution is 7.89. The van der Waals surface area contributed by atoms with Crippen molar-refractivity contribution < 1.29 is 48.7 Å². The number of nitrogens with one attached hydrogen (secondary N) is 1. The molecule has 1 aromatic carbocycles. The monoisotopic (exact) mass is 500 g/mol. The minimum absolute atomic E-state index is 0.102. The molecule has 0 aliphatic carbocycles. The molecule has 1 heterocycles. The second-order valence-electron chi connectivity index (χ2n) is 6.71. The maximum atomic E-state index is 13.2. The van der Waals surface area contributed by atoms with Crippen LogP contribution >= 0.6 is 11.6 Å². The summed E-state index contributed by atoms with van der Waals surface area (Å²) in [5.74, 6) is -1.16. The second-order valence-corrected chi connectivity index (χ2v) is 8.88. The number of carbonyl (C=O) groups excluding carboxylic acids is 1. The first-order valence-corrected chi connectivity index (χ1v) is 10.5. The van der Waals surface area contributed by atoms with E-state index in [1.165, 1.54) is 0 Å². The Morgan fingerprint density at radius 3 is 2.19 bits per heavy atom. The number of likely N-dealkylation sites (tertiary alicyclic amines) is 1. The molecule has 176 valence electrons. The molecule has 0 atom stereocenters. The molecule has 0 saturated carbocycles. The van der Waals surface area contributed by atoms with Crippen LogP contribution in [0.1, 0.15) is 12.8 Å². The summed E-state index contributed by atoms with van der Waals surface area (Å²) in [6, 6.07) is 2.78. The maximum absolute atomic E-state index is 13.2. The van der Waals surface area contributed by atoms with Gasteiger partial charge in [-0.25, -0.2) is 22.3 Å². The van der Waals surface area contributed by atoms with Crippen molar-refractivity contribution in [2.45, 2.75) is 36.2 Å². The van der Waals surface area contributed by atoms with Crippen molar-refractivity contribution in [1.82, 2.24) is 9.62 Å². The molecule has 2 rings (SSSR count). The van der Waals surface area contributed by atoms with Crippen molar-refractivity contribution in [1.29, 1.82) is 0 Å². The van der Waals surface area contributed by atoms with Gasteiger partial charge >= 0.3 is 18.4 Å². The second kappa shape index (κ2) is 9.36. The van der Waals surface area contributed by atoms with Crippen LogP contribution in [-0.4, -0.2) is 57.5 Å². The normalized spacial score (nSPS) is 16.6. The van der Waals surface area contributed by atoms with Gasteiger partial charge in [-0.3, -0.25) is 0 Å². The molecule has 1 aromatic rings. The van der Waals surface area contributed by atoms with Crippen molar-refractivity contribution >= 4 is 27.7 Å². The first-order chi connectivity index (χ1) is 14.1. The molecule has 1 N–H and O–H groups in total. The Labute approximate surface area is 177 Å². The molecular weight excluding hydrogens is 485 g/mol. The van der Waals surface area contributed by atoms with E-state index >= 15 is 0 Å². The van der Waals surface area contributed by atoms with Gasteiger partial charge in [0.2, 0.25) is 10.0 Å². The molecule has 6 nitrogen and oxygen atoms in total. The van der Waals surface area contributed by atoms with Crippen LogP contribution in [0.4, 0.5) is 35.5 Å². The number of hydrogen-bond donors (Lipinski definition) is 1. The zero-order valence-electron chi connectivity index (χ0n) is 15.4.